The molecule has 0 spiro atoms. The van der Waals surface area contributed by atoms with Gasteiger partial charge in [0, 0.05) is 23.8 Å². The van der Waals surface area contributed by atoms with Gasteiger partial charge in [0.05, 0.1) is 9.47 Å². The van der Waals surface area contributed by atoms with Crippen molar-refractivity contribution in [3.05, 3.63) is 38.1 Å². The third-order valence-electron chi connectivity index (χ3n) is 2.86. The van der Waals surface area contributed by atoms with Crippen LogP contribution < -0.4 is 11.1 Å². The maximum absolute atomic E-state index is 12.2. The van der Waals surface area contributed by atoms with Crippen molar-refractivity contribution in [3.8, 4) is 0 Å². The number of nitrogens with two attached hydrogens (primary N) is 1. The molecule has 3 aromatic heterocycles. The van der Waals surface area contributed by atoms with Crippen molar-refractivity contribution in [2.45, 2.75) is 6.42 Å². The first-order valence-electron chi connectivity index (χ1n) is 6.16. The molecule has 0 bridgehead atoms. The topological polar surface area (TPSA) is 80.9 Å². The molecule has 0 atom stereocenters. The van der Waals surface area contributed by atoms with Crippen LogP contribution in [0.25, 0.3) is 10.3 Å². The minimum Gasteiger partial charge on any atom is -0.396 e. The molecule has 0 saturated carbocycles. The third-order valence-corrected chi connectivity index (χ3v) is 5.64. The van der Waals surface area contributed by atoms with Crippen LogP contribution in [0.5, 0.6) is 0 Å². The van der Waals surface area contributed by atoms with Crippen LogP contribution in [0, 0.1) is 0 Å². The number of nitrogens with one attached hydrogen (secondary N) is 1. The molecule has 0 aromatic carbocycles. The van der Waals surface area contributed by atoms with Gasteiger partial charge in [0.2, 0.25) is 0 Å². The maximum Gasteiger partial charge on any atom is 0.263 e. The lowest BCUT2D eigenvalue weighted by Gasteiger charge is -2.02. The Balaban J connectivity index is 1.68. The van der Waals surface area contributed by atoms with Crippen LogP contribution in [0.2, 0.25) is 0 Å². The number of carbonyl (C=O) groups is 1. The molecule has 8 heteroatoms. The number of aromatic nitrogens is 2. The molecule has 0 fully saturated rings. The molecule has 0 aliphatic rings. The van der Waals surface area contributed by atoms with Gasteiger partial charge >= 0.3 is 0 Å². The summed E-state index contributed by atoms with van der Waals surface area (Å²) in [5.41, 5.74) is 6.96. The highest BCUT2D eigenvalue weighted by atomic mass is 79.9. The summed E-state index contributed by atoms with van der Waals surface area (Å²) in [5.74, 6) is -0.173. The van der Waals surface area contributed by atoms with Crippen LogP contribution in [0.3, 0.4) is 0 Å². The predicted molar refractivity (Wildman–Crippen MR) is 89.9 cm³/mol. The summed E-state index contributed by atoms with van der Waals surface area (Å²) in [5, 5.41) is 2.89. The number of hydrogen-bond acceptors (Lipinski definition) is 6. The largest absolute Gasteiger partial charge is 0.396 e. The van der Waals surface area contributed by atoms with Crippen molar-refractivity contribution in [1.82, 2.24) is 15.3 Å². The lowest BCUT2D eigenvalue weighted by atomic mass is 10.3. The van der Waals surface area contributed by atoms with Crippen molar-refractivity contribution >= 4 is 60.5 Å². The second-order valence-corrected chi connectivity index (χ2v) is 7.81. The molecule has 108 valence electrons. The zero-order valence-corrected chi connectivity index (χ0v) is 14.0. The van der Waals surface area contributed by atoms with Gasteiger partial charge in [0.15, 0.2) is 0 Å². The Hall–Kier alpha value is -1.51. The highest BCUT2D eigenvalue weighted by Crippen LogP contribution is 2.30. The zero-order chi connectivity index (χ0) is 14.8. The van der Waals surface area contributed by atoms with Gasteiger partial charge in [-0.15, -0.1) is 22.7 Å². The Morgan fingerprint density at radius 2 is 2.10 bits per heavy atom. The second-order valence-electron chi connectivity index (χ2n) is 4.27. The molecule has 1 amide bonds. The van der Waals surface area contributed by atoms with Gasteiger partial charge in [-0.3, -0.25) is 4.79 Å². The summed E-state index contributed by atoms with van der Waals surface area (Å²) in [6, 6.07) is 4.05. The average Bonchev–Trinajstić information content (AvgIpc) is 3.03. The Morgan fingerprint density at radius 3 is 2.81 bits per heavy atom. The van der Waals surface area contributed by atoms with Gasteiger partial charge in [-0.1, -0.05) is 0 Å². The van der Waals surface area contributed by atoms with E-state index in [9.17, 15) is 4.79 Å². The fraction of sp³-hybridized carbons (Fsp3) is 0.154. The fourth-order valence-electron chi connectivity index (χ4n) is 1.88. The number of anilines is 1. The molecule has 5 nitrogen and oxygen atoms in total. The van der Waals surface area contributed by atoms with Gasteiger partial charge < -0.3 is 11.1 Å². The molecule has 3 N–H and O–H groups in total. The van der Waals surface area contributed by atoms with Gasteiger partial charge in [0.25, 0.3) is 5.91 Å². The van der Waals surface area contributed by atoms with Crippen molar-refractivity contribution < 1.29 is 4.79 Å². The number of amides is 1. The quantitative estimate of drug-likeness (QED) is 0.726. The lowest BCUT2D eigenvalue weighted by Crippen LogP contribution is -2.25. The van der Waals surface area contributed by atoms with Crippen LogP contribution in [0.1, 0.15) is 14.5 Å². The second kappa shape index (κ2) is 6.08. The number of carbonyl (C=O) groups excluding carboxylic acids is 1. The molecule has 3 aromatic rings. The first-order chi connectivity index (χ1) is 10.1. The Kier molecular flexibility index (Phi) is 4.18. The number of hydrogen-bond donors (Lipinski definition) is 2. The molecular formula is C13H11BrN4OS2. The molecule has 3 heterocycles. The van der Waals surface area contributed by atoms with E-state index < -0.39 is 0 Å². The van der Waals surface area contributed by atoms with Crippen molar-refractivity contribution in [1.29, 1.82) is 0 Å². The predicted octanol–water partition coefficient (Wildman–Crippen LogP) is 3.07. The normalized spacial score (nSPS) is 10.9. The molecular weight excluding hydrogens is 372 g/mol. The van der Waals surface area contributed by atoms with Crippen LogP contribution in [0.15, 0.2) is 28.3 Å². The molecule has 3 rings (SSSR count). The number of fused-ring (bicyclic) bond motifs is 1. The van der Waals surface area contributed by atoms with Crippen LogP contribution in [-0.2, 0) is 6.42 Å². The van der Waals surface area contributed by atoms with E-state index in [2.05, 4.69) is 31.2 Å². The van der Waals surface area contributed by atoms with E-state index in [1.165, 1.54) is 16.2 Å². The number of halogens is 1. The van der Waals surface area contributed by atoms with Crippen molar-refractivity contribution in [3.63, 3.8) is 0 Å². The maximum atomic E-state index is 12.2. The summed E-state index contributed by atoms with van der Waals surface area (Å²) >= 11 is 6.35. The summed E-state index contributed by atoms with van der Waals surface area (Å²) in [6.45, 7) is 0.570. The van der Waals surface area contributed by atoms with Crippen LogP contribution in [-0.4, -0.2) is 22.4 Å². The minimum atomic E-state index is -0.173. The Bertz CT molecular complexity index is 798. The number of nitrogen functional groups attached to an aromatic ring is 1. The monoisotopic (exact) mass is 382 g/mol. The van der Waals surface area contributed by atoms with E-state index in [0.717, 1.165) is 10.2 Å². The van der Waals surface area contributed by atoms with Gasteiger partial charge in [-0.05, 0) is 34.5 Å². The number of rotatable bonds is 4. The van der Waals surface area contributed by atoms with Crippen LogP contribution in [0.4, 0.5) is 5.69 Å². The van der Waals surface area contributed by atoms with Gasteiger partial charge in [0.1, 0.15) is 15.2 Å². The molecule has 0 radical (unpaired) electrons. The molecule has 0 aliphatic carbocycles. The smallest absolute Gasteiger partial charge is 0.263 e. The SMILES string of the molecule is Nc1c(C(=O)NCCc2ccc(Br)s2)sc2nccnc12. The van der Waals surface area contributed by atoms with E-state index in [1.54, 1.807) is 23.7 Å². The first kappa shape index (κ1) is 14.4. The molecule has 0 unspecified atom stereocenters. The fourth-order valence-corrected chi connectivity index (χ4v) is 4.30. The van der Waals surface area contributed by atoms with E-state index in [1.807, 2.05) is 12.1 Å². The summed E-state index contributed by atoms with van der Waals surface area (Å²) < 4.78 is 1.09. The molecule has 0 saturated heterocycles. The summed E-state index contributed by atoms with van der Waals surface area (Å²) in [6.07, 6.45) is 3.96. The summed E-state index contributed by atoms with van der Waals surface area (Å²) in [4.78, 5) is 22.9. The van der Waals surface area contributed by atoms with Gasteiger partial charge in [-0.2, -0.15) is 0 Å². The summed E-state index contributed by atoms with van der Waals surface area (Å²) in [7, 11) is 0. The van der Waals surface area contributed by atoms with E-state index in [0.29, 0.717) is 27.5 Å². The number of nitrogens with zero attached hydrogens (tertiary/aromatic N) is 2. The standard InChI is InChI=1S/C13H11BrN4OS2/c14-8-2-1-7(20-8)3-4-17-12(19)11-9(15)10-13(21-11)18-6-5-16-10/h1-2,5-6H,3-4,15H2,(H,17,19). The minimum absolute atomic E-state index is 0.173. The van der Waals surface area contributed by atoms with Gasteiger partial charge in [-0.25, -0.2) is 9.97 Å². The number of thiophene rings is 2. The zero-order valence-electron chi connectivity index (χ0n) is 10.8. The molecule has 21 heavy (non-hydrogen) atoms. The Morgan fingerprint density at radius 1 is 1.29 bits per heavy atom. The lowest BCUT2D eigenvalue weighted by molar-refractivity contribution is 0.0959. The van der Waals surface area contributed by atoms with Crippen LogP contribution >= 0.6 is 38.6 Å². The Labute approximate surface area is 137 Å². The van der Waals surface area contributed by atoms with Crippen molar-refractivity contribution in [2.24, 2.45) is 0 Å². The highest BCUT2D eigenvalue weighted by Gasteiger charge is 2.17. The molecule has 0 aliphatic heterocycles. The third kappa shape index (κ3) is 3.07. The highest BCUT2D eigenvalue weighted by molar-refractivity contribution is 9.11. The first-order valence-corrected chi connectivity index (χ1v) is 8.59. The average molecular weight is 383 g/mol. The van der Waals surface area contributed by atoms with E-state index in [-0.39, 0.29) is 5.91 Å². The van der Waals surface area contributed by atoms with E-state index in [4.69, 9.17) is 5.73 Å². The van der Waals surface area contributed by atoms with Crippen molar-refractivity contribution in [2.75, 3.05) is 12.3 Å². The van der Waals surface area contributed by atoms with E-state index >= 15 is 0 Å².